The van der Waals surface area contributed by atoms with Crippen molar-refractivity contribution in [2.45, 2.75) is 9.79 Å². The molecule has 0 aliphatic heterocycles. The highest BCUT2D eigenvalue weighted by molar-refractivity contribution is 8.09. The Morgan fingerprint density at radius 1 is 0.579 bits per heavy atom. The van der Waals surface area contributed by atoms with E-state index in [-0.39, 0.29) is 46.7 Å². The zero-order valence-electron chi connectivity index (χ0n) is 19.1. The van der Waals surface area contributed by atoms with Gasteiger partial charge >= 0.3 is 0 Å². The van der Waals surface area contributed by atoms with Gasteiger partial charge in [0.2, 0.25) is 11.6 Å². The van der Waals surface area contributed by atoms with Crippen LogP contribution in [-0.4, -0.2) is 41.7 Å². The highest BCUT2D eigenvalue weighted by Gasteiger charge is 2.41. The molecule has 0 aliphatic carbocycles. The number of hydrogen-bond acceptors (Lipinski definition) is 8. The van der Waals surface area contributed by atoms with Gasteiger partial charge in [-0.1, -0.05) is 39.2 Å². The minimum absolute atomic E-state index is 0.152. The van der Waals surface area contributed by atoms with Gasteiger partial charge in [-0.25, -0.2) is 0 Å². The fourth-order valence-corrected chi connectivity index (χ4v) is 7.34. The largest absolute Gasteiger partial charge is 0.291 e. The van der Waals surface area contributed by atoms with E-state index in [1.54, 1.807) is 36.4 Å². The van der Waals surface area contributed by atoms with E-state index in [4.69, 9.17) is 23.2 Å². The van der Waals surface area contributed by atoms with Crippen molar-refractivity contribution in [2.75, 3.05) is 3.82 Å². The summed E-state index contributed by atoms with van der Waals surface area (Å²) < 4.78 is 57.7. The third-order valence-corrected chi connectivity index (χ3v) is 9.79. The smallest absolute Gasteiger partial charge is 0.253 e. The SMILES string of the molecule is O=S(=O)(c1ccc(Cl)cc1)N(n1c(-c2ccccn2)nnc1-c1ccccn1)S(=O)(=O)c1ccc(Cl)cc1. The lowest BCUT2D eigenvalue weighted by Crippen LogP contribution is -2.46. The summed E-state index contributed by atoms with van der Waals surface area (Å²) in [6.07, 6.45) is 2.92. The lowest BCUT2D eigenvalue weighted by Gasteiger charge is -2.26. The summed E-state index contributed by atoms with van der Waals surface area (Å²) in [7, 11) is -9.67. The van der Waals surface area contributed by atoms with Gasteiger partial charge in [-0.15, -0.1) is 10.2 Å². The van der Waals surface area contributed by atoms with Gasteiger partial charge in [0.25, 0.3) is 20.0 Å². The Kier molecular flexibility index (Phi) is 6.88. The second-order valence-electron chi connectivity index (χ2n) is 7.68. The molecule has 0 amide bonds. The molecule has 5 rings (SSSR count). The molecule has 2 aromatic carbocycles. The zero-order chi connectivity index (χ0) is 26.9. The molecule has 3 aromatic heterocycles. The molecule has 0 radical (unpaired) electrons. The number of pyridine rings is 2. The van der Waals surface area contributed by atoms with Crippen LogP contribution in [0.15, 0.2) is 107 Å². The molecule has 3 heterocycles. The molecular formula is C24H16Cl2N6O4S2. The number of halogens is 2. The summed E-state index contributed by atoms with van der Waals surface area (Å²) in [6.45, 7) is 0. The summed E-state index contributed by atoms with van der Waals surface area (Å²) in [5.41, 5.74) is 0.342. The van der Waals surface area contributed by atoms with Gasteiger partial charge in [0.05, 0.1) is 9.79 Å². The lowest BCUT2D eigenvalue weighted by atomic mass is 10.3. The number of aromatic nitrogens is 5. The van der Waals surface area contributed by atoms with E-state index in [2.05, 4.69) is 20.2 Å². The molecule has 0 fully saturated rings. The lowest BCUT2D eigenvalue weighted by molar-refractivity contribution is 0.568. The third kappa shape index (κ3) is 4.74. The maximum Gasteiger partial charge on any atom is 0.291 e. The molecule has 0 unspecified atom stereocenters. The number of nitrogens with zero attached hydrogens (tertiary/aromatic N) is 6. The quantitative estimate of drug-likeness (QED) is 0.274. The van der Waals surface area contributed by atoms with Crippen molar-refractivity contribution in [3.8, 4) is 23.0 Å². The Morgan fingerprint density at radius 3 is 1.32 bits per heavy atom. The van der Waals surface area contributed by atoms with Crippen molar-refractivity contribution >= 4 is 43.2 Å². The summed E-state index contributed by atoms with van der Waals surface area (Å²) in [6, 6.07) is 19.9. The molecule has 14 heteroatoms. The first-order chi connectivity index (χ1) is 18.2. The fraction of sp³-hybridized carbons (Fsp3) is 0. The van der Waals surface area contributed by atoms with Crippen molar-refractivity contribution in [1.29, 1.82) is 0 Å². The van der Waals surface area contributed by atoms with E-state index < -0.39 is 20.0 Å². The number of rotatable bonds is 7. The van der Waals surface area contributed by atoms with Gasteiger partial charge in [-0.05, 0) is 72.8 Å². The predicted octanol–water partition coefficient (Wildman–Crippen LogP) is 4.42. The monoisotopic (exact) mass is 586 g/mol. The number of hydrogen-bond donors (Lipinski definition) is 0. The highest BCUT2D eigenvalue weighted by atomic mass is 35.5. The van der Waals surface area contributed by atoms with Crippen LogP contribution in [0.2, 0.25) is 10.0 Å². The molecule has 5 aromatic rings. The number of benzene rings is 2. The third-order valence-electron chi connectivity index (χ3n) is 5.23. The van der Waals surface area contributed by atoms with Gasteiger partial charge < -0.3 is 0 Å². The second kappa shape index (κ2) is 10.1. The predicted molar refractivity (Wildman–Crippen MR) is 142 cm³/mol. The Morgan fingerprint density at radius 2 is 0.974 bits per heavy atom. The molecule has 0 atom stereocenters. The van der Waals surface area contributed by atoms with Crippen molar-refractivity contribution in [1.82, 2.24) is 24.8 Å². The normalized spacial score (nSPS) is 11.8. The van der Waals surface area contributed by atoms with Crippen LogP contribution in [0.4, 0.5) is 0 Å². The summed E-state index contributed by atoms with van der Waals surface area (Å²) in [5, 5.41) is 8.78. The van der Waals surface area contributed by atoms with Gasteiger partial charge in [0.15, 0.2) is 0 Å². The van der Waals surface area contributed by atoms with Crippen molar-refractivity contribution in [3.05, 3.63) is 107 Å². The van der Waals surface area contributed by atoms with E-state index in [9.17, 15) is 16.8 Å². The molecule has 0 bridgehead atoms. The molecule has 10 nitrogen and oxygen atoms in total. The molecule has 0 spiro atoms. The second-order valence-corrected chi connectivity index (χ2v) is 12.3. The Labute approximate surface area is 228 Å². The minimum atomic E-state index is -4.84. The minimum Gasteiger partial charge on any atom is -0.253 e. The molecule has 38 heavy (non-hydrogen) atoms. The molecule has 192 valence electrons. The molecule has 0 saturated carbocycles. The van der Waals surface area contributed by atoms with E-state index >= 15 is 0 Å². The maximum atomic E-state index is 14.2. The zero-order valence-corrected chi connectivity index (χ0v) is 22.3. The van der Waals surface area contributed by atoms with E-state index in [1.807, 2.05) is 0 Å². The highest BCUT2D eigenvalue weighted by Crippen LogP contribution is 2.31. The van der Waals surface area contributed by atoms with Crippen LogP contribution in [0.5, 0.6) is 0 Å². The fourth-order valence-electron chi connectivity index (χ4n) is 3.48. The summed E-state index contributed by atoms with van der Waals surface area (Å²) >= 11 is 11.9. The van der Waals surface area contributed by atoms with Crippen LogP contribution in [0.25, 0.3) is 23.0 Å². The first-order valence-electron chi connectivity index (χ1n) is 10.8. The standard InChI is InChI=1S/C24H16Cl2N6O4S2/c25-17-7-11-19(12-8-17)37(33,34)32(38(35,36)20-13-9-18(26)10-14-20)31-23(21-5-1-3-15-27-21)29-30-24(31)22-6-2-4-16-28-22/h1-16H. The van der Waals surface area contributed by atoms with E-state index in [0.717, 1.165) is 4.68 Å². The maximum absolute atomic E-state index is 14.2. The molecule has 0 aliphatic rings. The molecular weight excluding hydrogens is 571 g/mol. The average molecular weight is 587 g/mol. The van der Waals surface area contributed by atoms with Crippen molar-refractivity contribution in [2.24, 2.45) is 0 Å². The Hall–Kier alpha value is -3.84. The first kappa shape index (κ1) is 25.8. The Bertz CT molecular complexity index is 1670. The van der Waals surface area contributed by atoms with Gasteiger partial charge in [-0.3, -0.25) is 9.97 Å². The van der Waals surface area contributed by atoms with Crippen LogP contribution in [-0.2, 0) is 20.0 Å². The van der Waals surface area contributed by atoms with Crippen molar-refractivity contribution < 1.29 is 16.8 Å². The van der Waals surface area contributed by atoms with E-state index in [1.165, 1.54) is 60.9 Å². The first-order valence-corrected chi connectivity index (χ1v) is 14.4. The van der Waals surface area contributed by atoms with E-state index in [0.29, 0.717) is 0 Å². The van der Waals surface area contributed by atoms with Crippen LogP contribution in [0.3, 0.4) is 0 Å². The van der Waals surface area contributed by atoms with Crippen LogP contribution in [0.1, 0.15) is 0 Å². The van der Waals surface area contributed by atoms with Gasteiger partial charge in [0.1, 0.15) is 11.4 Å². The molecule has 0 N–H and O–H groups in total. The summed E-state index contributed by atoms with van der Waals surface area (Å²) in [5.74, 6) is -0.303. The van der Waals surface area contributed by atoms with Crippen LogP contribution in [0, 0.1) is 0 Å². The number of sulfonamides is 2. The topological polar surface area (TPSA) is 128 Å². The van der Waals surface area contributed by atoms with Gasteiger partial charge in [0, 0.05) is 22.4 Å². The molecule has 0 saturated heterocycles. The summed E-state index contributed by atoms with van der Waals surface area (Å²) in [4.78, 5) is 7.79. The average Bonchev–Trinajstić information content (AvgIpc) is 3.34. The van der Waals surface area contributed by atoms with Crippen LogP contribution >= 0.6 is 23.2 Å². The van der Waals surface area contributed by atoms with Crippen molar-refractivity contribution in [3.63, 3.8) is 0 Å². The Balaban J connectivity index is 1.87. The van der Waals surface area contributed by atoms with Crippen LogP contribution < -0.4 is 3.82 Å². The van der Waals surface area contributed by atoms with Gasteiger partial charge in [-0.2, -0.15) is 21.5 Å².